The van der Waals surface area contributed by atoms with E-state index in [4.69, 9.17) is 0 Å². The van der Waals surface area contributed by atoms with Gasteiger partial charge < -0.3 is 0 Å². The summed E-state index contributed by atoms with van der Waals surface area (Å²) in [6.07, 6.45) is 10.5. The van der Waals surface area contributed by atoms with Gasteiger partial charge in [-0.2, -0.15) is 0 Å². The fraction of sp³-hybridized carbons (Fsp3) is 0.455. The summed E-state index contributed by atoms with van der Waals surface area (Å²) in [5, 5.41) is 0. The molecule has 0 N–H and O–H groups in total. The molecule has 1 heterocycles. The summed E-state index contributed by atoms with van der Waals surface area (Å²) in [6.45, 7) is 1.99. The van der Waals surface area contributed by atoms with Gasteiger partial charge >= 0.3 is 0 Å². The first kappa shape index (κ1) is 15.1. The minimum atomic E-state index is -0.174. The van der Waals surface area contributed by atoms with Gasteiger partial charge in [0.25, 0.3) is 0 Å². The van der Waals surface area contributed by atoms with Crippen molar-refractivity contribution in [3.8, 4) is 0 Å². The lowest BCUT2D eigenvalue weighted by atomic mass is 9.85. The first-order valence-electron chi connectivity index (χ1n) is 9.51. The predicted octanol–water partition coefficient (Wildman–Crippen LogP) is 4.18. The van der Waals surface area contributed by atoms with Crippen LogP contribution in [0.2, 0.25) is 0 Å². The van der Waals surface area contributed by atoms with Gasteiger partial charge in [0, 0.05) is 11.8 Å². The maximum Gasteiger partial charge on any atom is 0.238 e. The van der Waals surface area contributed by atoms with Crippen molar-refractivity contribution in [2.75, 3.05) is 4.90 Å². The number of rotatable bonds is 1. The number of anilines is 1. The number of fused-ring (bicyclic) bond motifs is 5. The molecule has 4 aliphatic rings. The number of aryl methyl sites for hydroxylation is 1. The normalized spacial score (nSPS) is 33.6. The fourth-order valence-corrected chi connectivity index (χ4v) is 5.52. The molecule has 0 aromatic heterocycles. The zero-order valence-corrected chi connectivity index (χ0v) is 14.6. The molecule has 1 saturated heterocycles. The Morgan fingerprint density at radius 1 is 0.920 bits per heavy atom. The highest BCUT2D eigenvalue weighted by molar-refractivity contribution is 6.23. The molecule has 3 heteroatoms. The molecule has 5 rings (SSSR count). The lowest BCUT2D eigenvalue weighted by molar-refractivity contribution is -0.122. The first-order chi connectivity index (χ1) is 12.2. The Kier molecular flexibility index (Phi) is 3.28. The number of hydrogen-bond donors (Lipinski definition) is 0. The van der Waals surface area contributed by atoms with Gasteiger partial charge in [-0.1, -0.05) is 41.9 Å². The quantitative estimate of drug-likeness (QED) is 0.571. The molecule has 2 amide bonds. The molecular weight excluding hydrogens is 310 g/mol. The second-order valence-corrected chi connectivity index (χ2v) is 7.96. The summed E-state index contributed by atoms with van der Waals surface area (Å²) >= 11 is 0. The smallest absolute Gasteiger partial charge is 0.238 e. The van der Waals surface area contributed by atoms with Gasteiger partial charge in [-0.15, -0.1) is 0 Å². The van der Waals surface area contributed by atoms with E-state index in [9.17, 15) is 9.59 Å². The van der Waals surface area contributed by atoms with E-state index in [-0.39, 0.29) is 35.5 Å². The van der Waals surface area contributed by atoms with Crippen molar-refractivity contribution in [2.45, 2.75) is 39.0 Å². The number of benzene rings is 1. The van der Waals surface area contributed by atoms with E-state index in [1.807, 2.05) is 31.2 Å². The van der Waals surface area contributed by atoms with Crippen LogP contribution in [0.25, 0.3) is 0 Å². The zero-order chi connectivity index (χ0) is 17.1. The van der Waals surface area contributed by atoms with Crippen molar-refractivity contribution < 1.29 is 9.59 Å². The second kappa shape index (κ2) is 5.42. The van der Waals surface area contributed by atoms with Crippen molar-refractivity contribution in [3.05, 3.63) is 53.1 Å². The van der Waals surface area contributed by atoms with Crippen LogP contribution in [0.4, 0.5) is 5.69 Å². The average molecular weight is 333 g/mol. The van der Waals surface area contributed by atoms with Gasteiger partial charge in [-0.05, 0) is 50.3 Å². The molecule has 0 spiro atoms. The molecule has 1 aliphatic heterocycles. The number of amides is 2. The van der Waals surface area contributed by atoms with Crippen LogP contribution >= 0.6 is 0 Å². The van der Waals surface area contributed by atoms with Crippen LogP contribution in [-0.4, -0.2) is 11.8 Å². The summed E-state index contributed by atoms with van der Waals surface area (Å²) < 4.78 is 0. The lowest BCUT2D eigenvalue weighted by Crippen LogP contribution is -2.33. The van der Waals surface area contributed by atoms with Crippen LogP contribution in [0.1, 0.15) is 37.7 Å². The molecule has 3 fully saturated rings. The lowest BCUT2D eigenvalue weighted by Gasteiger charge is -2.23. The van der Waals surface area contributed by atoms with Gasteiger partial charge in [0.1, 0.15) is 0 Å². The summed E-state index contributed by atoms with van der Waals surface area (Å²) in [4.78, 5) is 27.8. The molecule has 1 aromatic carbocycles. The number of imide groups is 1. The van der Waals surface area contributed by atoms with Gasteiger partial charge in [-0.25, -0.2) is 4.90 Å². The standard InChI is InChI=1S/C22H23NO2/c1-13-6-5-9-15(12-13)23-21(24)19-16-10-11-17(20(19)22(23)25)18(16)14-7-3-2-4-8-14/h5-6,9-12,16-17,19-20H,2-4,7-8H2,1H3/t16-,17-,19+,20+/m1/s1. The van der Waals surface area contributed by atoms with Crippen molar-refractivity contribution >= 4 is 17.5 Å². The molecule has 25 heavy (non-hydrogen) atoms. The monoisotopic (exact) mass is 333 g/mol. The Morgan fingerprint density at radius 3 is 2.16 bits per heavy atom. The van der Waals surface area contributed by atoms with Crippen molar-refractivity contribution in [3.63, 3.8) is 0 Å². The molecule has 3 nitrogen and oxygen atoms in total. The molecule has 4 atom stereocenters. The topological polar surface area (TPSA) is 37.4 Å². The van der Waals surface area contributed by atoms with Crippen LogP contribution in [-0.2, 0) is 9.59 Å². The molecule has 2 saturated carbocycles. The molecule has 2 bridgehead atoms. The minimum absolute atomic E-state index is 0.00589. The van der Waals surface area contributed by atoms with E-state index in [1.54, 1.807) is 5.57 Å². The Hall–Kier alpha value is -2.16. The van der Waals surface area contributed by atoms with E-state index < -0.39 is 0 Å². The number of carbonyl (C=O) groups excluding carboxylic acids is 2. The number of carbonyl (C=O) groups is 2. The van der Waals surface area contributed by atoms with Crippen LogP contribution in [0, 0.1) is 30.6 Å². The minimum Gasteiger partial charge on any atom is -0.274 e. The largest absolute Gasteiger partial charge is 0.274 e. The van der Waals surface area contributed by atoms with E-state index in [1.165, 1.54) is 29.7 Å². The summed E-state index contributed by atoms with van der Waals surface area (Å²) in [7, 11) is 0. The third-order valence-corrected chi connectivity index (χ3v) is 6.54. The Balaban J connectivity index is 1.54. The van der Waals surface area contributed by atoms with Crippen LogP contribution in [0.3, 0.4) is 0 Å². The SMILES string of the molecule is Cc1cccc(N2C(=O)[C@@H]3[C@@H](C2=O)[C@@H]2C=C[C@@H]3C2=C2CCCCC2)c1. The van der Waals surface area contributed by atoms with Crippen molar-refractivity contribution in [1.29, 1.82) is 0 Å². The molecule has 1 aromatic rings. The highest BCUT2D eigenvalue weighted by Crippen LogP contribution is 2.58. The fourth-order valence-electron chi connectivity index (χ4n) is 5.52. The zero-order valence-electron chi connectivity index (χ0n) is 14.6. The van der Waals surface area contributed by atoms with Crippen LogP contribution in [0.5, 0.6) is 0 Å². The Bertz CT molecular complexity index is 792. The van der Waals surface area contributed by atoms with Gasteiger partial charge in [0.2, 0.25) is 11.8 Å². The molecule has 128 valence electrons. The third-order valence-electron chi connectivity index (χ3n) is 6.54. The average Bonchev–Trinajstić information content (AvgIpc) is 3.25. The Morgan fingerprint density at radius 2 is 1.56 bits per heavy atom. The first-order valence-corrected chi connectivity index (χ1v) is 9.51. The van der Waals surface area contributed by atoms with Gasteiger partial charge in [0.15, 0.2) is 0 Å². The number of allylic oxidation sites excluding steroid dienone is 4. The highest BCUT2D eigenvalue weighted by atomic mass is 16.2. The second-order valence-electron chi connectivity index (χ2n) is 7.96. The number of nitrogens with zero attached hydrogens (tertiary/aromatic N) is 1. The molecular formula is C22H23NO2. The Labute approximate surface area is 148 Å². The van der Waals surface area contributed by atoms with Crippen LogP contribution < -0.4 is 4.90 Å². The van der Waals surface area contributed by atoms with Crippen LogP contribution in [0.15, 0.2) is 47.6 Å². The maximum atomic E-state index is 13.2. The molecule has 3 aliphatic carbocycles. The third kappa shape index (κ3) is 2.04. The van der Waals surface area contributed by atoms with E-state index >= 15 is 0 Å². The van der Waals surface area contributed by atoms with E-state index in [2.05, 4.69) is 12.2 Å². The maximum absolute atomic E-state index is 13.2. The van der Waals surface area contributed by atoms with Crippen molar-refractivity contribution in [2.24, 2.45) is 23.7 Å². The summed E-state index contributed by atoms with van der Waals surface area (Å²) in [5.74, 6) is -0.0127. The van der Waals surface area contributed by atoms with Crippen molar-refractivity contribution in [1.82, 2.24) is 0 Å². The predicted molar refractivity (Wildman–Crippen MR) is 96.9 cm³/mol. The summed E-state index contributed by atoms with van der Waals surface area (Å²) in [5.41, 5.74) is 4.78. The van der Waals surface area contributed by atoms with E-state index in [0.717, 1.165) is 24.1 Å². The number of hydrogen-bond acceptors (Lipinski definition) is 2. The molecule has 0 radical (unpaired) electrons. The molecule has 0 unspecified atom stereocenters. The van der Waals surface area contributed by atoms with Gasteiger partial charge in [0.05, 0.1) is 17.5 Å². The van der Waals surface area contributed by atoms with E-state index in [0.29, 0.717) is 0 Å². The highest BCUT2D eigenvalue weighted by Gasteiger charge is 2.62. The summed E-state index contributed by atoms with van der Waals surface area (Å²) in [6, 6.07) is 7.72. The van der Waals surface area contributed by atoms with Gasteiger partial charge in [-0.3, -0.25) is 9.59 Å².